The monoisotopic (exact) mass is 259 g/mol. The zero-order chi connectivity index (χ0) is 12.5. The van der Waals surface area contributed by atoms with E-state index in [1.165, 1.54) is 17.4 Å². The minimum Gasteiger partial charge on any atom is -0.484 e. The van der Waals surface area contributed by atoms with Gasteiger partial charge in [0.05, 0.1) is 17.6 Å². The van der Waals surface area contributed by atoms with Gasteiger partial charge in [-0.2, -0.15) is 0 Å². The molecule has 0 amide bonds. The van der Waals surface area contributed by atoms with Crippen LogP contribution in [0, 0.1) is 0 Å². The van der Waals surface area contributed by atoms with Gasteiger partial charge in [0.1, 0.15) is 17.6 Å². The van der Waals surface area contributed by atoms with Crippen molar-refractivity contribution in [2.75, 3.05) is 6.26 Å². The smallest absolute Gasteiger partial charge is 0.142 e. The van der Waals surface area contributed by atoms with Crippen molar-refractivity contribution >= 4 is 28.5 Å². The van der Waals surface area contributed by atoms with E-state index in [0.29, 0.717) is 0 Å². The number of ether oxygens (including phenoxy) is 1. The Morgan fingerprint density at radius 2 is 2.06 bits per heavy atom. The maximum Gasteiger partial charge on any atom is 0.142 e. The molecule has 3 rings (SSSR count). The summed E-state index contributed by atoms with van der Waals surface area (Å²) in [6, 6.07) is 12.3. The maximum atomic E-state index is 5.80. The molecular weight excluding hydrogens is 246 g/mol. The maximum absolute atomic E-state index is 5.80. The number of rotatable bonds is 2. The lowest BCUT2D eigenvalue weighted by molar-refractivity contribution is 0.297. The van der Waals surface area contributed by atoms with Crippen molar-refractivity contribution in [3.05, 3.63) is 42.0 Å². The van der Waals surface area contributed by atoms with E-state index >= 15 is 0 Å². The van der Waals surface area contributed by atoms with Gasteiger partial charge in [0, 0.05) is 6.26 Å². The number of hydrogen-bond donors (Lipinski definition) is 0. The normalized spacial score (nSPS) is 19.9. The zero-order valence-corrected chi connectivity index (χ0v) is 11.0. The summed E-state index contributed by atoms with van der Waals surface area (Å²) in [6.07, 6.45) is 1.77. The van der Waals surface area contributed by atoms with Gasteiger partial charge < -0.3 is 9.02 Å². The predicted octanol–water partition coefficient (Wildman–Crippen LogP) is 3.62. The van der Waals surface area contributed by atoms with E-state index in [0.717, 1.165) is 22.4 Å². The third-order valence-electron chi connectivity index (χ3n) is 3.05. The van der Waals surface area contributed by atoms with Crippen molar-refractivity contribution < 1.29 is 9.02 Å². The van der Waals surface area contributed by atoms with Gasteiger partial charge in [-0.3, -0.25) is 0 Å². The van der Waals surface area contributed by atoms with Crippen LogP contribution in [0.3, 0.4) is 0 Å². The number of nitrogens with zero attached hydrogens (tertiary/aromatic N) is 1. The molecule has 1 aliphatic rings. The topological polar surface area (TPSA) is 30.8 Å². The molecule has 1 aliphatic heterocycles. The highest BCUT2D eigenvalue weighted by molar-refractivity contribution is 7.93. The minimum absolute atomic E-state index is 0.0713. The number of oxime groups is 1. The van der Waals surface area contributed by atoms with Crippen LogP contribution in [0.15, 0.2) is 41.6 Å². The molecule has 0 spiro atoms. The summed E-state index contributed by atoms with van der Waals surface area (Å²) in [4.78, 5) is 0. The Bertz CT molecular complexity index is 624. The molecule has 92 valence electrons. The number of benzene rings is 2. The van der Waals surface area contributed by atoms with Gasteiger partial charge in [-0.15, -0.1) is 0 Å². The molecule has 4 heteroatoms. The van der Waals surface area contributed by atoms with E-state index in [2.05, 4.69) is 23.4 Å². The van der Waals surface area contributed by atoms with E-state index < -0.39 is 0 Å². The lowest BCUT2D eigenvalue weighted by Gasteiger charge is -2.03. The Labute approximate surface area is 110 Å². The van der Waals surface area contributed by atoms with Crippen LogP contribution in [0.5, 0.6) is 5.75 Å². The largest absolute Gasteiger partial charge is 0.484 e. The molecule has 1 heterocycles. The molecule has 0 saturated carbocycles. The Morgan fingerprint density at radius 3 is 2.89 bits per heavy atom. The molecule has 0 aliphatic carbocycles. The van der Waals surface area contributed by atoms with Gasteiger partial charge in [-0.25, -0.2) is 0 Å². The van der Waals surface area contributed by atoms with Crippen LogP contribution >= 0.6 is 12.0 Å². The molecule has 2 aromatic carbocycles. The Morgan fingerprint density at radius 1 is 1.22 bits per heavy atom. The van der Waals surface area contributed by atoms with Gasteiger partial charge in [0.15, 0.2) is 0 Å². The Kier molecular flexibility index (Phi) is 2.88. The lowest BCUT2D eigenvalue weighted by Crippen LogP contribution is -2.16. The van der Waals surface area contributed by atoms with Crippen LogP contribution < -0.4 is 4.74 Å². The van der Waals surface area contributed by atoms with Gasteiger partial charge >= 0.3 is 0 Å². The second kappa shape index (κ2) is 4.53. The lowest BCUT2D eigenvalue weighted by atomic mass is 10.00. The SMILES string of the molecule is CSO/N=C1/c2c(ccc3ccccc23)OC1C. The molecule has 2 aromatic rings. The molecule has 0 fully saturated rings. The average Bonchev–Trinajstić information content (AvgIpc) is 2.72. The van der Waals surface area contributed by atoms with Crippen molar-refractivity contribution in [1.82, 2.24) is 0 Å². The predicted molar refractivity (Wildman–Crippen MR) is 75.2 cm³/mol. The molecule has 0 bridgehead atoms. The first-order valence-electron chi connectivity index (χ1n) is 5.77. The van der Waals surface area contributed by atoms with Crippen LogP contribution in [0.4, 0.5) is 0 Å². The molecule has 3 nitrogen and oxygen atoms in total. The van der Waals surface area contributed by atoms with Gasteiger partial charge in [-0.05, 0) is 23.8 Å². The van der Waals surface area contributed by atoms with Gasteiger partial charge in [-0.1, -0.05) is 35.5 Å². The minimum atomic E-state index is -0.0713. The van der Waals surface area contributed by atoms with Crippen molar-refractivity contribution in [1.29, 1.82) is 0 Å². The molecule has 0 saturated heterocycles. The standard InChI is InChI=1S/C14H13NO2S/c1-9-14(15-17-18-2)13-11-6-4-3-5-10(11)7-8-12(13)16-9/h3-9H,1-2H3/b15-14+. The molecular formula is C14H13NO2S. The Balaban J connectivity index is 2.23. The van der Waals surface area contributed by atoms with E-state index in [4.69, 9.17) is 9.02 Å². The van der Waals surface area contributed by atoms with Crippen LogP contribution in [0.25, 0.3) is 10.8 Å². The van der Waals surface area contributed by atoms with Crippen LogP contribution in [0.2, 0.25) is 0 Å². The summed E-state index contributed by atoms with van der Waals surface area (Å²) in [7, 11) is 0. The summed E-state index contributed by atoms with van der Waals surface area (Å²) in [6.45, 7) is 1.98. The first kappa shape index (κ1) is 11.4. The quantitative estimate of drug-likeness (QED) is 0.609. The van der Waals surface area contributed by atoms with E-state index in [1.54, 1.807) is 0 Å². The fraction of sp³-hybridized carbons (Fsp3) is 0.214. The second-order valence-corrected chi connectivity index (χ2v) is 4.62. The third-order valence-corrected chi connectivity index (χ3v) is 3.27. The highest BCUT2D eigenvalue weighted by Gasteiger charge is 2.29. The van der Waals surface area contributed by atoms with Crippen molar-refractivity contribution in [3.63, 3.8) is 0 Å². The first-order chi connectivity index (χ1) is 8.81. The molecule has 0 radical (unpaired) electrons. The molecule has 1 atom stereocenters. The summed E-state index contributed by atoms with van der Waals surface area (Å²) in [5.41, 5.74) is 1.91. The molecule has 0 aromatic heterocycles. The third kappa shape index (κ3) is 1.73. The van der Waals surface area contributed by atoms with Crippen LogP contribution in [-0.2, 0) is 4.28 Å². The number of fused-ring (bicyclic) bond motifs is 3. The summed E-state index contributed by atoms with van der Waals surface area (Å²) in [5, 5.41) is 6.51. The van der Waals surface area contributed by atoms with Crippen molar-refractivity contribution in [3.8, 4) is 5.75 Å². The highest BCUT2D eigenvalue weighted by Crippen LogP contribution is 2.35. The second-order valence-electron chi connectivity index (χ2n) is 4.14. The number of hydrogen-bond acceptors (Lipinski definition) is 4. The van der Waals surface area contributed by atoms with Crippen LogP contribution in [-0.4, -0.2) is 18.1 Å². The fourth-order valence-corrected chi connectivity index (χ4v) is 2.42. The van der Waals surface area contributed by atoms with Gasteiger partial charge in [0.25, 0.3) is 0 Å². The average molecular weight is 259 g/mol. The van der Waals surface area contributed by atoms with E-state index in [9.17, 15) is 0 Å². The summed E-state index contributed by atoms with van der Waals surface area (Å²) in [5.74, 6) is 0.879. The van der Waals surface area contributed by atoms with E-state index in [1.807, 2.05) is 31.4 Å². The molecule has 0 N–H and O–H groups in total. The molecule has 18 heavy (non-hydrogen) atoms. The molecule has 1 unspecified atom stereocenters. The summed E-state index contributed by atoms with van der Waals surface area (Å²) < 4.78 is 10.9. The summed E-state index contributed by atoms with van der Waals surface area (Å²) >= 11 is 1.23. The first-order valence-corrected chi connectivity index (χ1v) is 6.92. The van der Waals surface area contributed by atoms with E-state index in [-0.39, 0.29) is 6.10 Å². The van der Waals surface area contributed by atoms with Crippen LogP contribution in [0.1, 0.15) is 12.5 Å². The zero-order valence-electron chi connectivity index (χ0n) is 10.2. The van der Waals surface area contributed by atoms with Crippen molar-refractivity contribution in [2.24, 2.45) is 5.16 Å². The fourth-order valence-electron chi connectivity index (χ4n) is 2.26. The Hall–Kier alpha value is -1.68. The van der Waals surface area contributed by atoms with Crippen molar-refractivity contribution in [2.45, 2.75) is 13.0 Å². The highest BCUT2D eigenvalue weighted by atomic mass is 32.2. The van der Waals surface area contributed by atoms with Gasteiger partial charge in [0.2, 0.25) is 0 Å².